The van der Waals surface area contributed by atoms with Crippen molar-refractivity contribution >= 4 is 22.5 Å². The van der Waals surface area contributed by atoms with Crippen LogP contribution in [0.1, 0.15) is 49.7 Å². The molecule has 2 aromatic carbocycles. The third-order valence-corrected chi connectivity index (χ3v) is 6.37. The van der Waals surface area contributed by atoms with E-state index in [0.717, 1.165) is 37.3 Å². The van der Waals surface area contributed by atoms with Gasteiger partial charge in [-0.2, -0.15) is 5.26 Å². The normalized spacial score (nSPS) is 19.8. The molecule has 4 rings (SSSR count). The van der Waals surface area contributed by atoms with Crippen molar-refractivity contribution < 1.29 is 9.18 Å². The number of nitrogens with one attached hydrogen (secondary N) is 1. The van der Waals surface area contributed by atoms with E-state index in [4.69, 9.17) is 5.26 Å². The molecule has 3 aromatic rings. The topological polar surface area (TPSA) is 65.8 Å². The second kappa shape index (κ2) is 8.62. The molecule has 1 aliphatic rings. The minimum Gasteiger partial charge on any atom is -0.323 e. The van der Waals surface area contributed by atoms with E-state index in [0.29, 0.717) is 5.92 Å². The molecule has 0 saturated heterocycles. The summed E-state index contributed by atoms with van der Waals surface area (Å²) in [5.74, 6) is -0.203. The minimum absolute atomic E-state index is 0.128. The number of amides is 1. The van der Waals surface area contributed by atoms with Crippen molar-refractivity contribution in [3.05, 3.63) is 71.7 Å². The number of carbonyl (C=O) groups is 1. The van der Waals surface area contributed by atoms with Crippen molar-refractivity contribution in [2.45, 2.75) is 38.5 Å². The number of rotatable bonds is 4. The highest BCUT2D eigenvalue weighted by molar-refractivity contribution is 5.92. The van der Waals surface area contributed by atoms with Gasteiger partial charge in [-0.05, 0) is 73.4 Å². The van der Waals surface area contributed by atoms with Crippen LogP contribution in [0.3, 0.4) is 0 Å². The van der Waals surface area contributed by atoms with Crippen LogP contribution in [-0.2, 0) is 4.79 Å². The first kappa shape index (κ1) is 20.0. The number of hydrogen-bond donors (Lipinski definition) is 1. The number of halogens is 1. The molecular weight excluding hydrogens is 377 g/mol. The van der Waals surface area contributed by atoms with E-state index in [9.17, 15) is 9.18 Å². The second-order valence-electron chi connectivity index (χ2n) is 8.11. The number of aromatic nitrogens is 1. The Morgan fingerprint density at radius 2 is 1.93 bits per heavy atom. The zero-order valence-electron chi connectivity index (χ0n) is 16.9. The van der Waals surface area contributed by atoms with Crippen molar-refractivity contribution in [3.8, 4) is 6.07 Å². The fourth-order valence-corrected chi connectivity index (χ4v) is 4.55. The molecule has 1 aliphatic carbocycles. The molecule has 30 heavy (non-hydrogen) atoms. The van der Waals surface area contributed by atoms with Gasteiger partial charge in [0.1, 0.15) is 5.82 Å². The smallest absolute Gasteiger partial charge is 0.227 e. The Kier molecular flexibility index (Phi) is 5.76. The Hall–Kier alpha value is -3.26. The first-order valence-corrected chi connectivity index (χ1v) is 10.4. The Labute approximate surface area is 175 Å². The van der Waals surface area contributed by atoms with Gasteiger partial charge < -0.3 is 5.32 Å². The van der Waals surface area contributed by atoms with Crippen molar-refractivity contribution in [3.63, 3.8) is 0 Å². The number of carbonyl (C=O) groups excluding carboxylic acids is 1. The molecule has 1 atom stereocenters. The molecule has 1 N–H and O–H groups in total. The number of pyridine rings is 1. The average molecular weight is 401 g/mol. The van der Waals surface area contributed by atoms with Gasteiger partial charge in [-0.15, -0.1) is 0 Å². The first-order chi connectivity index (χ1) is 14.6. The van der Waals surface area contributed by atoms with E-state index < -0.39 is 5.82 Å². The SMILES string of the molecule is C[C@@H](C(=O)Nc1ccc(C#N)cc1F)C1CCC(c2ccnc3ccccc23)CC1. The van der Waals surface area contributed by atoms with E-state index in [-0.39, 0.29) is 29.0 Å². The molecule has 1 amide bonds. The van der Waals surface area contributed by atoms with Crippen LogP contribution in [0.5, 0.6) is 0 Å². The lowest BCUT2D eigenvalue weighted by Gasteiger charge is -2.32. The van der Waals surface area contributed by atoms with Crippen molar-refractivity contribution in [2.75, 3.05) is 5.32 Å². The third kappa shape index (κ3) is 4.04. The van der Waals surface area contributed by atoms with Crippen molar-refractivity contribution in [1.82, 2.24) is 4.98 Å². The van der Waals surface area contributed by atoms with Gasteiger partial charge in [0.05, 0.1) is 22.8 Å². The summed E-state index contributed by atoms with van der Waals surface area (Å²) in [5.41, 5.74) is 2.73. The Morgan fingerprint density at radius 3 is 2.67 bits per heavy atom. The summed E-state index contributed by atoms with van der Waals surface area (Å²) in [6, 6.07) is 16.3. The largest absolute Gasteiger partial charge is 0.323 e. The number of para-hydroxylation sites is 1. The van der Waals surface area contributed by atoms with Gasteiger partial charge in [-0.1, -0.05) is 25.1 Å². The molecule has 0 spiro atoms. The molecule has 152 valence electrons. The molecule has 0 radical (unpaired) electrons. The molecule has 1 fully saturated rings. The minimum atomic E-state index is -0.581. The van der Waals surface area contributed by atoms with E-state index in [1.807, 2.05) is 37.4 Å². The lowest BCUT2D eigenvalue weighted by atomic mass is 9.73. The molecule has 5 heteroatoms. The molecule has 1 heterocycles. The summed E-state index contributed by atoms with van der Waals surface area (Å²) in [7, 11) is 0. The summed E-state index contributed by atoms with van der Waals surface area (Å²) in [6.07, 6.45) is 5.87. The van der Waals surface area contributed by atoms with E-state index in [1.165, 1.54) is 23.1 Å². The predicted octanol–water partition coefficient (Wildman–Crippen LogP) is 5.79. The van der Waals surface area contributed by atoms with Gasteiger partial charge in [-0.25, -0.2) is 4.39 Å². The lowest BCUT2D eigenvalue weighted by molar-refractivity contribution is -0.121. The molecule has 0 aliphatic heterocycles. The van der Waals surface area contributed by atoms with Crippen LogP contribution in [0, 0.1) is 29.0 Å². The van der Waals surface area contributed by atoms with E-state index in [2.05, 4.69) is 22.4 Å². The number of nitrogens with zero attached hydrogens (tertiary/aromatic N) is 2. The highest BCUT2D eigenvalue weighted by Crippen LogP contribution is 2.40. The Bertz CT molecular complexity index is 1110. The number of nitriles is 1. The predicted molar refractivity (Wildman–Crippen MR) is 115 cm³/mol. The van der Waals surface area contributed by atoms with Gasteiger partial charge in [0.2, 0.25) is 5.91 Å². The van der Waals surface area contributed by atoms with Crippen molar-refractivity contribution in [1.29, 1.82) is 5.26 Å². The Morgan fingerprint density at radius 1 is 1.17 bits per heavy atom. The van der Waals surface area contributed by atoms with Gasteiger partial charge >= 0.3 is 0 Å². The van der Waals surface area contributed by atoms with Crippen LogP contribution in [-0.4, -0.2) is 10.9 Å². The van der Waals surface area contributed by atoms with E-state index >= 15 is 0 Å². The maximum absolute atomic E-state index is 14.1. The molecule has 4 nitrogen and oxygen atoms in total. The molecule has 1 aromatic heterocycles. The summed E-state index contributed by atoms with van der Waals surface area (Å²) < 4.78 is 14.1. The van der Waals surface area contributed by atoms with Crippen LogP contribution < -0.4 is 5.32 Å². The zero-order chi connectivity index (χ0) is 21.1. The van der Waals surface area contributed by atoms with Crippen LogP contribution in [0.25, 0.3) is 10.9 Å². The Balaban J connectivity index is 1.40. The maximum atomic E-state index is 14.1. The second-order valence-corrected chi connectivity index (χ2v) is 8.11. The maximum Gasteiger partial charge on any atom is 0.227 e. The highest BCUT2D eigenvalue weighted by Gasteiger charge is 2.30. The van der Waals surface area contributed by atoms with Gasteiger partial charge in [-0.3, -0.25) is 9.78 Å². The number of anilines is 1. The van der Waals surface area contributed by atoms with Crippen LogP contribution in [0.2, 0.25) is 0 Å². The quantitative estimate of drug-likeness (QED) is 0.601. The van der Waals surface area contributed by atoms with Gasteiger partial charge in [0.15, 0.2) is 0 Å². The fraction of sp³-hybridized carbons (Fsp3) is 0.320. The van der Waals surface area contributed by atoms with E-state index in [1.54, 1.807) is 0 Å². The van der Waals surface area contributed by atoms with Crippen LogP contribution >= 0.6 is 0 Å². The monoisotopic (exact) mass is 401 g/mol. The summed E-state index contributed by atoms with van der Waals surface area (Å²) in [4.78, 5) is 17.2. The van der Waals surface area contributed by atoms with Crippen molar-refractivity contribution in [2.24, 2.45) is 11.8 Å². The number of fused-ring (bicyclic) bond motifs is 1. The summed E-state index contributed by atoms with van der Waals surface area (Å²) in [5, 5.41) is 12.8. The van der Waals surface area contributed by atoms with Gasteiger partial charge in [0.25, 0.3) is 0 Å². The van der Waals surface area contributed by atoms with Gasteiger partial charge in [0, 0.05) is 17.5 Å². The fourth-order valence-electron chi connectivity index (χ4n) is 4.55. The summed E-state index contributed by atoms with van der Waals surface area (Å²) in [6.45, 7) is 1.92. The molecule has 0 bridgehead atoms. The molecule has 0 unspecified atom stereocenters. The zero-order valence-corrected chi connectivity index (χ0v) is 16.9. The first-order valence-electron chi connectivity index (χ1n) is 10.4. The van der Waals surface area contributed by atoms with Crippen LogP contribution in [0.15, 0.2) is 54.7 Å². The number of benzene rings is 2. The average Bonchev–Trinajstić information content (AvgIpc) is 2.79. The lowest BCUT2D eigenvalue weighted by Crippen LogP contribution is -2.30. The molecular formula is C25H24FN3O. The highest BCUT2D eigenvalue weighted by atomic mass is 19.1. The molecule has 1 saturated carbocycles. The third-order valence-electron chi connectivity index (χ3n) is 6.37. The standard InChI is InChI=1S/C25H24FN3O/c1-16(25(30)29-24-11-6-17(15-27)14-22(24)26)18-7-9-19(10-8-18)20-12-13-28-23-5-3-2-4-21(20)23/h2-6,11-14,16,18-19H,7-10H2,1H3,(H,29,30)/t16-,18?,19?/m1/s1. The van der Waals surface area contributed by atoms with Crippen LogP contribution in [0.4, 0.5) is 10.1 Å². The number of hydrogen-bond acceptors (Lipinski definition) is 3. The summed E-state index contributed by atoms with van der Waals surface area (Å²) >= 11 is 0.